The van der Waals surface area contributed by atoms with Crippen LogP contribution in [0.5, 0.6) is 0 Å². The molecule has 0 spiro atoms. The van der Waals surface area contributed by atoms with Gasteiger partial charge in [0.2, 0.25) is 0 Å². The van der Waals surface area contributed by atoms with E-state index in [1.54, 1.807) is 17.4 Å². The van der Waals surface area contributed by atoms with Crippen molar-refractivity contribution in [3.05, 3.63) is 39.6 Å². The minimum absolute atomic E-state index is 0.246. The predicted molar refractivity (Wildman–Crippen MR) is 74.7 cm³/mol. The lowest BCUT2D eigenvalue weighted by atomic mass is 10.2. The van der Waals surface area contributed by atoms with Crippen LogP contribution in [0.3, 0.4) is 0 Å². The van der Waals surface area contributed by atoms with E-state index in [0.29, 0.717) is 5.02 Å². The van der Waals surface area contributed by atoms with Crippen LogP contribution in [0.1, 0.15) is 23.5 Å². The van der Waals surface area contributed by atoms with E-state index in [1.165, 1.54) is 17.0 Å². The fourth-order valence-corrected chi connectivity index (χ4v) is 3.20. The van der Waals surface area contributed by atoms with Gasteiger partial charge in [-0.05, 0) is 39.1 Å². The zero-order chi connectivity index (χ0) is 13.3. The third kappa shape index (κ3) is 2.55. The SMILES string of the molecule is CNC(C)c1sc(-c2ccc(F)cc2Cl)nc1C. The van der Waals surface area contributed by atoms with Crippen molar-refractivity contribution in [2.75, 3.05) is 7.05 Å². The minimum Gasteiger partial charge on any atom is -0.312 e. The molecule has 1 aromatic carbocycles. The maximum absolute atomic E-state index is 13.0. The summed E-state index contributed by atoms with van der Waals surface area (Å²) in [4.78, 5) is 5.69. The van der Waals surface area contributed by atoms with Gasteiger partial charge in [0.25, 0.3) is 0 Å². The van der Waals surface area contributed by atoms with E-state index >= 15 is 0 Å². The van der Waals surface area contributed by atoms with E-state index in [-0.39, 0.29) is 11.9 Å². The first kappa shape index (κ1) is 13.5. The Morgan fingerprint density at radius 1 is 1.44 bits per heavy atom. The summed E-state index contributed by atoms with van der Waals surface area (Å²) in [6.45, 7) is 4.05. The molecule has 0 aliphatic rings. The second-order valence-electron chi connectivity index (χ2n) is 4.10. The molecule has 0 aliphatic heterocycles. The summed E-state index contributed by atoms with van der Waals surface area (Å²) >= 11 is 7.63. The fourth-order valence-electron chi connectivity index (χ4n) is 1.72. The number of hydrogen-bond acceptors (Lipinski definition) is 3. The van der Waals surface area contributed by atoms with Crippen molar-refractivity contribution in [3.63, 3.8) is 0 Å². The summed E-state index contributed by atoms with van der Waals surface area (Å²) in [7, 11) is 1.91. The van der Waals surface area contributed by atoms with Crippen LogP contribution >= 0.6 is 22.9 Å². The van der Waals surface area contributed by atoms with Gasteiger partial charge in [-0.25, -0.2) is 9.37 Å². The quantitative estimate of drug-likeness (QED) is 0.914. The fraction of sp³-hybridized carbons (Fsp3) is 0.308. The monoisotopic (exact) mass is 284 g/mol. The first-order chi connectivity index (χ1) is 8.52. The van der Waals surface area contributed by atoms with Crippen LogP contribution in [0, 0.1) is 12.7 Å². The Morgan fingerprint density at radius 3 is 2.78 bits per heavy atom. The molecular weight excluding hydrogens is 271 g/mol. The molecule has 2 nitrogen and oxygen atoms in total. The van der Waals surface area contributed by atoms with Gasteiger partial charge in [0.1, 0.15) is 10.8 Å². The molecule has 0 aliphatic carbocycles. The van der Waals surface area contributed by atoms with Crippen LogP contribution in [0.15, 0.2) is 18.2 Å². The number of benzene rings is 1. The van der Waals surface area contributed by atoms with Gasteiger partial charge in [-0.15, -0.1) is 11.3 Å². The number of hydrogen-bond donors (Lipinski definition) is 1. The standard InChI is InChI=1S/C13H14ClFN2S/c1-7(16-3)12-8(2)17-13(18-12)10-5-4-9(15)6-11(10)14/h4-7,16H,1-3H3. The van der Waals surface area contributed by atoms with E-state index in [1.807, 2.05) is 14.0 Å². The average Bonchev–Trinajstić information content (AvgIpc) is 2.70. The summed E-state index contributed by atoms with van der Waals surface area (Å²) < 4.78 is 13.0. The smallest absolute Gasteiger partial charge is 0.125 e. The summed E-state index contributed by atoms with van der Waals surface area (Å²) in [6.07, 6.45) is 0. The van der Waals surface area contributed by atoms with Gasteiger partial charge in [-0.1, -0.05) is 11.6 Å². The highest BCUT2D eigenvalue weighted by Gasteiger charge is 2.15. The van der Waals surface area contributed by atoms with E-state index in [2.05, 4.69) is 17.2 Å². The Kier molecular flexibility index (Phi) is 4.00. The van der Waals surface area contributed by atoms with E-state index < -0.39 is 0 Å². The Bertz CT molecular complexity index is 568. The maximum Gasteiger partial charge on any atom is 0.125 e. The summed E-state index contributed by atoms with van der Waals surface area (Å²) in [5, 5.41) is 4.41. The largest absolute Gasteiger partial charge is 0.312 e. The van der Waals surface area contributed by atoms with Crippen molar-refractivity contribution in [2.45, 2.75) is 19.9 Å². The Hall–Kier alpha value is -0.970. The second-order valence-corrected chi connectivity index (χ2v) is 5.54. The molecule has 1 unspecified atom stereocenters. The minimum atomic E-state index is -0.333. The molecule has 0 fully saturated rings. The highest BCUT2D eigenvalue weighted by Crippen LogP contribution is 2.35. The number of rotatable bonds is 3. The number of thiazole rings is 1. The van der Waals surface area contributed by atoms with Crippen molar-refractivity contribution in [1.29, 1.82) is 0 Å². The molecule has 96 valence electrons. The lowest BCUT2D eigenvalue weighted by Crippen LogP contribution is -2.11. The van der Waals surface area contributed by atoms with E-state index in [9.17, 15) is 4.39 Å². The molecule has 0 saturated carbocycles. The lowest BCUT2D eigenvalue weighted by Gasteiger charge is -2.07. The second kappa shape index (κ2) is 5.34. The van der Waals surface area contributed by atoms with Gasteiger partial charge in [0, 0.05) is 16.5 Å². The molecule has 18 heavy (non-hydrogen) atoms. The average molecular weight is 285 g/mol. The topological polar surface area (TPSA) is 24.9 Å². The third-order valence-electron chi connectivity index (χ3n) is 2.82. The lowest BCUT2D eigenvalue weighted by molar-refractivity contribution is 0.628. The van der Waals surface area contributed by atoms with Gasteiger partial charge in [0.05, 0.1) is 10.7 Å². The summed E-state index contributed by atoms with van der Waals surface area (Å²) in [5.74, 6) is -0.333. The van der Waals surface area contributed by atoms with Gasteiger partial charge >= 0.3 is 0 Å². The highest BCUT2D eigenvalue weighted by molar-refractivity contribution is 7.15. The van der Waals surface area contributed by atoms with Gasteiger partial charge in [0.15, 0.2) is 0 Å². The first-order valence-corrected chi connectivity index (χ1v) is 6.82. The van der Waals surface area contributed by atoms with Crippen molar-refractivity contribution in [3.8, 4) is 10.6 Å². The van der Waals surface area contributed by atoms with E-state index in [4.69, 9.17) is 11.6 Å². The van der Waals surface area contributed by atoms with Crippen molar-refractivity contribution in [1.82, 2.24) is 10.3 Å². The zero-order valence-corrected chi connectivity index (χ0v) is 12.0. The molecular formula is C13H14ClFN2S. The molecule has 2 rings (SSSR count). The van der Waals surface area contributed by atoms with Crippen molar-refractivity contribution < 1.29 is 4.39 Å². The van der Waals surface area contributed by atoms with Crippen molar-refractivity contribution >= 4 is 22.9 Å². The van der Waals surface area contributed by atoms with Gasteiger partial charge in [-0.2, -0.15) is 0 Å². The normalized spacial score (nSPS) is 12.7. The van der Waals surface area contributed by atoms with Crippen LogP contribution in [0.2, 0.25) is 5.02 Å². The van der Waals surface area contributed by atoms with Crippen LogP contribution in [0.4, 0.5) is 4.39 Å². The highest BCUT2D eigenvalue weighted by atomic mass is 35.5. The molecule has 1 heterocycles. The Balaban J connectivity index is 2.45. The van der Waals surface area contributed by atoms with Crippen LogP contribution in [-0.4, -0.2) is 12.0 Å². The first-order valence-electron chi connectivity index (χ1n) is 5.63. The molecule has 1 atom stereocenters. The van der Waals surface area contributed by atoms with E-state index in [0.717, 1.165) is 16.3 Å². The maximum atomic E-state index is 13.0. The van der Waals surface area contributed by atoms with Crippen LogP contribution < -0.4 is 5.32 Å². The number of halogens is 2. The molecule has 0 saturated heterocycles. The number of aryl methyl sites for hydroxylation is 1. The summed E-state index contributed by atoms with van der Waals surface area (Å²) in [5.41, 5.74) is 1.76. The van der Waals surface area contributed by atoms with Gasteiger partial charge < -0.3 is 5.32 Å². The molecule has 2 aromatic rings. The van der Waals surface area contributed by atoms with Crippen molar-refractivity contribution in [2.24, 2.45) is 0 Å². The van der Waals surface area contributed by atoms with Gasteiger partial charge in [-0.3, -0.25) is 0 Å². The third-order valence-corrected chi connectivity index (χ3v) is 4.51. The molecule has 0 amide bonds. The summed E-state index contributed by atoms with van der Waals surface area (Å²) in [6, 6.07) is 4.63. The predicted octanol–water partition coefficient (Wildman–Crippen LogP) is 4.19. The number of aromatic nitrogens is 1. The Labute approximate surface area is 115 Å². The molecule has 5 heteroatoms. The van der Waals surface area contributed by atoms with Crippen LogP contribution in [-0.2, 0) is 0 Å². The zero-order valence-electron chi connectivity index (χ0n) is 10.4. The molecule has 1 N–H and O–H groups in total. The number of nitrogens with one attached hydrogen (secondary N) is 1. The molecule has 0 bridgehead atoms. The van der Waals surface area contributed by atoms with Crippen LogP contribution in [0.25, 0.3) is 10.6 Å². The number of nitrogens with zero attached hydrogens (tertiary/aromatic N) is 1. The molecule has 1 aromatic heterocycles. The molecule has 0 radical (unpaired) electrons. The Morgan fingerprint density at radius 2 is 2.17 bits per heavy atom.